The molecule has 1 atom stereocenters. The van der Waals surface area contributed by atoms with Crippen molar-refractivity contribution in [2.75, 3.05) is 24.7 Å². The highest BCUT2D eigenvalue weighted by Crippen LogP contribution is 2.29. The number of anilines is 1. The van der Waals surface area contributed by atoms with Crippen molar-refractivity contribution in [3.05, 3.63) is 40.5 Å². The number of aryl methyl sites for hydroxylation is 1. The molecular weight excluding hydrogens is 322 g/mol. The van der Waals surface area contributed by atoms with E-state index in [1.807, 2.05) is 12.1 Å². The van der Waals surface area contributed by atoms with E-state index < -0.39 is 0 Å². The van der Waals surface area contributed by atoms with Crippen molar-refractivity contribution in [3.63, 3.8) is 0 Å². The summed E-state index contributed by atoms with van der Waals surface area (Å²) < 4.78 is 12.3. The lowest BCUT2D eigenvalue weighted by molar-refractivity contribution is 0.0864. The highest BCUT2D eigenvalue weighted by atomic mass is 79.9. The number of nitrogens with zero attached hydrogens (tertiary/aromatic N) is 3. The van der Waals surface area contributed by atoms with Gasteiger partial charge in [-0.1, -0.05) is 6.92 Å². The third-order valence-electron chi connectivity index (χ3n) is 3.35. The Morgan fingerprint density at radius 1 is 1.35 bits per heavy atom. The van der Waals surface area contributed by atoms with Gasteiger partial charge in [-0.15, -0.1) is 0 Å². The highest BCUT2D eigenvalue weighted by Gasteiger charge is 2.29. The minimum absolute atomic E-state index is 0.0326. The molecule has 2 aromatic rings. The number of furan rings is 1. The van der Waals surface area contributed by atoms with Crippen molar-refractivity contribution < 1.29 is 9.15 Å². The lowest BCUT2D eigenvalue weighted by Gasteiger charge is -2.34. The minimum atomic E-state index is 0.0326. The molecule has 1 aliphatic rings. The van der Waals surface area contributed by atoms with Crippen LogP contribution in [0.15, 0.2) is 33.4 Å². The molecule has 0 aromatic carbocycles. The zero-order valence-electron chi connectivity index (χ0n) is 11.3. The molecule has 0 bridgehead atoms. The lowest BCUT2D eigenvalue weighted by Crippen LogP contribution is -2.40. The molecule has 2 aromatic heterocycles. The van der Waals surface area contributed by atoms with E-state index in [-0.39, 0.29) is 6.04 Å². The zero-order chi connectivity index (χ0) is 13.9. The molecule has 0 radical (unpaired) electrons. The van der Waals surface area contributed by atoms with Gasteiger partial charge in [0.25, 0.3) is 0 Å². The molecular formula is C14H16BrN3O2. The fraction of sp³-hybridized carbons (Fsp3) is 0.429. The third kappa shape index (κ3) is 2.71. The van der Waals surface area contributed by atoms with Crippen LogP contribution in [-0.2, 0) is 11.2 Å². The van der Waals surface area contributed by atoms with Gasteiger partial charge in [-0.3, -0.25) is 0 Å². The average molecular weight is 338 g/mol. The molecule has 1 fully saturated rings. The van der Waals surface area contributed by atoms with Gasteiger partial charge in [0, 0.05) is 25.4 Å². The van der Waals surface area contributed by atoms with Crippen LogP contribution in [-0.4, -0.2) is 29.7 Å². The maximum atomic E-state index is 5.86. The highest BCUT2D eigenvalue weighted by molar-refractivity contribution is 9.10. The molecule has 6 heteroatoms. The Kier molecular flexibility index (Phi) is 4.03. The summed E-state index contributed by atoms with van der Waals surface area (Å²) in [6.07, 6.45) is 4.41. The first-order chi connectivity index (χ1) is 9.78. The van der Waals surface area contributed by atoms with Crippen molar-refractivity contribution >= 4 is 21.9 Å². The Morgan fingerprint density at radius 2 is 2.15 bits per heavy atom. The Labute approximate surface area is 126 Å². The number of ether oxygens (including phenoxy) is 1. The van der Waals surface area contributed by atoms with Gasteiger partial charge in [-0.2, -0.15) is 0 Å². The van der Waals surface area contributed by atoms with Gasteiger partial charge in [0.1, 0.15) is 17.6 Å². The SMILES string of the molecule is CCc1ccc([C@@H]2COCCN2c2ncc(Br)cn2)o1. The van der Waals surface area contributed by atoms with Gasteiger partial charge >= 0.3 is 0 Å². The molecule has 3 rings (SSSR count). The lowest BCUT2D eigenvalue weighted by atomic mass is 10.2. The molecule has 1 aliphatic heterocycles. The van der Waals surface area contributed by atoms with Crippen molar-refractivity contribution in [3.8, 4) is 0 Å². The Bertz CT molecular complexity index is 570. The predicted molar refractivity (Wildman–Crippen MR) is 78.7 cm³/mol. The van der Waals surface area contributed by atoms with Crippen LogP contribution in [0.1, 0.15) is 24.5 Å². The van der Waals surface area contributed by atoms with Crippen LogP contribution in [0.4, 0.5) is 5.95 Å². The van der Waals surface area contributed by atoms with Gasteiger partial charge in [0.05, 0.1) is 17.7 Å². The first-order valence-electron chi connectivity index (χ1n) is 6.68. The monoisotopic (exact) mass is 337 g/mol. The van der Waals surface area contributed by atoms with E-state index in [1.165, 1.54) is 0 Å². The fourth-order valence-corrected chi connectivity index (χ4v) is 2.50. The fourth-order valence-electron chi connectivity index (χ4n) is 2.30. The maximum absolute atomic E-state index is 5.86. The molecule has 106 valence electrons. The first kappa shape index (κ1) is 13.6. The summed E-state index contributed by atoms with van der Waals surface area (Å²) in [6.45, 7) is 4.11. The van der Waals surface area contributed by atoms with Crippen LogP contribution >= 0.6 is 15.9 Å². The summed E-state index contributed by atoms with van der Waals surface area (Å²) in [5, 5.41) is 0. The van der Waals surface area contributed by atoms with E-state index in [1.54, 1.807) is 12.4 Å². The number of rotatable bonds is 3. The molecule has 0 N–H and O–H groups in total. The molecule has 0 unspecified atom stereocenters. The van der Waals surface area contributed by atoms with Crippen molar-refractivity contribution in [1.29, 1.82) is 0 Å². The van der Waals surface area contributed by atoms with Crippen LogP contribution in [0.2, 0.25) is 0 Å². The van der Waals surface area contributed by atoms with Gasteiger partial charge in [0.2, 0.25) is 5.95 Å². The Morgan fingerprint density at radius 3 is 2.85 bits per heavy atom. The quantitative estimate of drug-likeness (QED) is 0.861. The van der Waals surface area contributed by atoms with Gasteiger partial charge in [-0.25, -0.2) is 9.97 Å². The van der Waals surface area contributed by atoms with E-state index in [2.05, 4.69) is 37.7 Å². The topological polar surface area (TPSA) is 51.4 Å². The van der Waals surface area contributed by atoms with E-state index in [0.29, 0.717) is 19.2 Å². The minimum Gasteiger partial charge on any atom is -0.464 e. The largest absolute Gasteiger partial charge is 0.464 e. The molecule has 0 aliphatic carbocycles. The second kappa shape index (κ2) is 5.93. The first-order valence-corrected chi connectivity index (χ1v) is 7.47. The number of hydrogen-bond acceptors (Lipinski definition) is 5. The van der Waals surface area contributed by atoms with Gasteiger partial charge in [-0.05, 0) is 28.1 Å². The van der Waals surface area contributed by atoms with E-state index in [4.69, 9.17) is 9.15 Å². The molecule has 5 nitrogen and oxygen atoms in total. The van der Waals surface area contributed by atoms with E-state index in [0.717, 1.165) is 29.0 Å². The van der Waals surface area contributed by atoms with Gasteiger partial charge < -0.3 is 14.1 Å². The second-order valence-electron chi connectivity index (χ2n) is 4.64. The average Bonchev–Trinajstić information content (AvgIpc) is 2.97. The van der Waals surface area contributed by atoms with E-state index >= 15 is 0 Å². The molecule has 0 spiro atoms. The van der Waals surface area contributed by atoms with Crippen LogP contribution in [0.25, 0.3) is 0 Å². The summed E-state index contributed by atoms with van der Waals surface area (Å²) >= 11 is 3.36. The summed E-state index contributed by atoms with van der Waals surface area (Å²) in [5.74, 6) is 2.60. The zero-order valence-corrected chi connectivity index (χ0v) is 12.8. The predicted octanol–water partition coefficient (Wildman–Crippen LogP) is 2.97. The van der Waals surface area contributed by atoms with Crippen molar-refractivity contribution in [2.24, 2.45) is 0 Å². The smallest absolute Gasteiger partial charge is 0.226 e. The van der Waals surface area contributed by atoms with Crippen LogP contribution in [0.5, 0.6) is 0 Å². The summed E-state index contributed by atoms with van der Waals surface area (Å²) in [5.41, 5.74) is 0. The Hall–Kier alpha value is -1.40. The number of hydrogen-bond donors (Lipinski definition) is 0. The van der Waals surface area contributed by atoms with Crippen LogP contribution < -0.4 is 4.90 Å². The molecule has 1 saturated heterocycles. The van der Waals surface area contributed by atoms with E-state index in [9.17, 15) is 0 Å². The standard InChI is InChI=1S/C14H16BrN3O2/c1-2-11-3-4-13(20-11)12-9-19-6-5-18(12)14-16-7-10(15)8-17-14/h3-4,7-8,12H,2,5-6,9H2,1H3/t12-/m0/s1. The normalized spacial score (nSPS) is 19.3. The van der Waals surface area contributed by atoms with Crippen LogP contribution in [0, 0.1) is 0 Å². The summed E-state index contributed by atoms with van der Waals surface area (Å²) in [4.78, 5) is 10.9. The number of aromatic nitrogens is 2. The molecule has 20 heavy (non-hydrogen) atoms. The van der Waals surface area contributed by atoms with Gasteiger partial charge in [0.15, 0.2) is 0 Å². The summed E-state index contributed by atoms with van der Waals surface area (Å²) in [7, 11) is 0. The maximum Gasteiger partial charge on any atom is 0.226 e. The second-order valence-corrected chi connectivity index (χ2v) is 5.56. The summed E-state index contributed by atoms with van der Waals surface area (Å²) in [6, 6.07) is 4.07. The molecule has 3 heterocycles. The Balaban J connectivity index is 1.88. The van der Waals surface area contributed by atoms with Crippen LogP contribution in [0.3, 0.4) is 0 Å². The number of morpholine rings is 1. The third-order valence-corrected chi connectivity index (χ3v) is 3.76. The number of halogens is 1. The van der Waals surface area contributed by atoms with Crippen molar-refractivity contribution in [1.82, 2.24) is 9.97 Å². The van der Waals surface area contributed by atoms with Crippen molar-refractivity contribution in [2.45, 2.75) is 19.4 Å². The molecule has 0 saturated carbocycles. The molecule has 0 amide bonds.